The zero-order valence-corrected chi connectivity index (χ0v) is 24.4. The van der Waals surface area contributed by atoms with Gasteiger partial charge >= 0.3 is 21.5 Å². The van der Waals surface area contributed by atoms with E-state index in [1.165, 1.54) is 31.2 Å². The quantitative estimate of drug-likeness (QED) is 0.159. The van der Waals surface area contributed by atoms with Crippen molar-refractivity contribution in [2.45, 2.75) is 58.8 Å². The van der Waals surface area contributed by atoms with Crippen LogP contribution in [0.15, 0.2) is 81.4 Å². The first-order chi connectivity index (χ1) is 19.8. The number of rotatable bonds is 8. The van der Waals surface area contributed by atoms with Crippen molar-refractivity contribution in [1.29, 1.82) is 0 Å². The van der Waals surface area contributed by atoms with Gasteiger partial charge in [0.25, 0.3) is 0 Å². The summed E-state index contributed by atoms with van der Waals surface area (Å²) in [4.78, 5) is 1.19. The van der Waals surface area contributed by atoms with E-state index in [1.54, 1.807) is 24.3 Å². The molecule has 1 saturated heterocycles. The average molecular weight is 656 g/mol. The molecule has 6 nitrogen and oxygen atoms in total. The predicted molar refractivity (Wildman–Crippen MR) is 141 cm³/mol. The molecule has 2 atom stereocenters. The predicted octanol–water partition coefficient (Wildman–Crippen LogP) is 7.10. The first-order valence-electron chi connectivity index (χ1n) is 12.5. The van der Waals surface area contributed by atoms with Crippen LogP contribution in [0.3, 0.4) is 0 Å². The fourth-order valence-corrected chi connectivity index (χ4v) is 6.65. The van der Waals surface area contributed by atoms with Gasteiger partial charge in [0.15, 0.2) is 26.6 Å². The Morgan fingerprint density at radius 3 is 1.74 bits per heavy atom. The molecule has 4 rings (SSSR count). The van der Waals surface area contributed by atoms with Gasteiger partial charge in [0.1, 0.15) is 22.8 Å². The molecule has 3 aromatic carbocycles. The van der Waals surface area contributed by atoms with E-state index < -0.39 is 74.6 Å². The van der Waals surface area contributed by atoms with Crippen LogP contribution in [0, 0.1) is 17.0 Å². The van der Waals surface area contributed by atoms with Crippen molar-refractivity contribution in [3.05, 3.63) is 83.9 Å². The molecule has 0 amide bonds. The monoisotopic (exact) mass is 655 g/mol. The van der Waals surface area contributed by atoms with Gasteiger partial charge in [-0.15, -0.1) is 0 Å². The SMILES string of the molecule is CC(Oc1ccc([S+](c2ccc(C3(C)OCC(C)(C(F)(F)F)CO3)cc2)c2cc(F)cc(F)c2)cc1)C(F)(F)S(=O)(=O)O. The molecule has 1 N–H and O–H groups in total. The maximum absolute atomic E-state index is 14.2. The zero-order chi connectivity index (χ0) is 32.0. The fraction of sp³-hybridized carbons (Fsp3) is 0.357. The molecule has 0 saturated carbocycles. The van der Waals surface area contributed by atoms with Crippen molar-refractivity contribution in [2.75, 3.05) is 13.2 Å². The summed E-state index contributed by atoms with van der Waals surface area (Å²) < 4.78 is 143. The summed E-state index contributed by atoms with van der Waals surface area (Å²) >= 11 is 0. The van der Waals surface area contributed by atoms with Gasteiger partial charge in [-0.05, 0) is 69.3 Å². The molecule has 0 bridgehead atoms. The molecule has 43 heavy (non-hydrogen) atoms. The minimum atomic E-state index is -5.75. The van der Waals surface area contributed by atoms with Crippen LogP contribution in [-0.4, -0.2) is 43.7 Å². The molecule has 15 heteroatoms. The molecule has 0 aromatic heterocycles. The van der Waals surface area contributed by atoms with E-state index in [4.69, 9.17) is 18.8 Å². The Morgan fingerprint density at radius 2 is 1.30 bits per heavy atom. The van der Waals surface area contributed by atoms with Crippen molar-refractivity contribution in [3.8, 4) is 5.75 Å². The molecule has 0 spiro atoms. The number of hydrogen-bond acceptors (Lipinski definition) is 5. The lowest BCUT2D eigenvalue weighted by atomic mass is 9.90. The largest absolute Gasteiger partial charge is 0.483 e. The summed E-state index contributed by atoms with van der Waals surface area (Å²) in [5, 5.41) is -4.59. The molecule has 0 radical (unpaired) electrons. The van der Waals surface area contributed by atoms with E-state index in [9.17, 15) is 39.2 Å². The van der Waals surface area contributed by atoms with Crippen LogP contribution in [0.5, 0.6) is 5.75 Å². The second-order valence-electron chi connectivity index (χ2n) is 10.3. The van der Waals surface area contributed by atoms with Crippen LogP contribution in [0.1, 0.15) is 26.3 Å². The van der Waals surface area contributed by atoms with Gasteiger partial charge in [-0.2, -0.15) is 30.4 Å². The fourth-order valence-electron chi connectivity index (χ4n) is 4.09. The molecule has 0 aliphatic carbocycles. The molecule has 2 unspecified atom stereocenters. The van der Waals surface area contributed by atoms with E-state index in [-0.39, 0.29) is 10.6 Å². The number of alkyl halides is 5. The number of hydrogen-bond donors (Lipinski definition) is 1. The maximum Gasteiger partial charge on any atom is 0.405 e. The molecule has 3 aromatic rings. The van der Waals surface area contributed by atoms with E-state index in [2.05, 4.69) is 0 Å². The van der Waals surface area contributed by atoms with E-state index in [0.29, 0.717) is 21.4 Å². The van der Waals surface area contributed by atoms with Crippen LogP contribution in [0.2, 0.25) is 0 Å². The standard InChI is InChI=1S/C28H25F7O6S2/c1-17(27(31,32)43(36,37)38)41-21-6-10-23(11-7-21)42(24-13-19(29)12-20(30)14-24)22-8-4-18(5-9-22)26(3)39-15-25(2,16-40-26)28(33,34)35/h4-14,17H,15-16H2,1-3H3/p+1. The lowest BCUT2D eigenvalue weighted by Gasteiger charge is -2.43. The van der Waals surface area contributed by atoms with Crippen molar-refractivity contribution < 1.29 is 57.9 Å². The Kier molecular flexibility index (Phi) is 8.90. The average Bonchev–Trinajstić information content (AvgIpc) is 2.90. The van der Waals surface area contributed by atoms with Crippen LogP contribution < -0.4 is 4.74 Å². The lowest BCUT2D eigenvalue weighted by Crippen LogP contribution is -2.52. The van der Waals surface area contributed by atoms with Crippen LogP contribution in [0.4, 0.5) is 30.7 Å². The van der Waals surface area contributed by atoms with Gasteiger partial charge in [0.05, 0.1) is 24.1 Å². The molecule has 1 aliphatic heterocycles. The zero-order valence-electron chi connectivity index (χ0n) is 22.8. The second kappa shape index (κ2) is 11.6. The highest BCUT2D eigenvalue weighted by atomic mass is 32.2. The van der Waals surface area contributed by atoms with Crippen molar-refractivity contribution in [2.24, 2.45) is 5.41 Å². The Hall–Kier alpha value is -2.85. The lowest BCUT2D eigenvalue weighted by molar-refractivity contribution is -0.354. The third kappa shape index (κ3) is 6.80. The number of benzene rings is 3. The van der Waals surface area contributed by atoms with E-state index in [1.807, 2.05) is 0 Å². The maximum atomic E-state index is 14.2. The minimum Gasteiger partial charge on any atom is -0.483 e. The summed E-state index contributed by atoms with van der Waals surface area (Å²) in [6.07, 6.45) is -6.79. The first-order valence-corrected chi connectivity index (χ1v) is 15.2. The molecule has 1 fully saturated rings. The van der Waals surface area contributed by atoms with Gasteiger partial charge in [-0.3, -0.25) is 4.55 Å². The number of ether oxygens (including phenoxy) is 3. The molecule has 1 heterocycles. The van der Waals surface area contributed by atoms with Gasteiger partial charge in [-0.25, -0.2) is 8.78 Å². The topological polar surface area (TPSA) is 82.1 Å². The Labute approximate surface area is 245 Å². The highest BCUT2D eigenvalue weighted by molar-refractivity contribution is 7.97. The third-order valence-corrected chi connectivity index (χ3v) is 10.1. The van der Waals surface area contributed by atoms with E-state index >= 15 is 0 Å². The Bertz CT molecular complexity index is 1530. The van der Waals surface area contributed by atoms with Crippen molar-refractivity contribution in [1.82, 2.24) is 0 Å². The summed E-state index contributed by atoms with van der Waals surface area (Å²) in [6, 6.07) is 14.6. The van der Waals surface area contributed by atoms with Gasteiger partial charge in [0, 0.05) is 23.8 Å². The molecule has 1 aliphatic rings. The molecular weight excluding hydrogens is 629 g/mol. The van der Waals surface area contributed by atoms with Crippen molar-refractivity contribution in [3.63, 3.8) is 0 Å². The summed E-state index contributed by atoms with van der Waals surface area (Å²) in [5.41, 5.74) is -1.79. The summed E-state index contributed by atoms with van der Waals surface area (Å²) in [5.74, 6) is -3.37. The highest BCUT2D eigenvalue weighted by Crippen LogP contribution is 2.45. The molecular formula is C28H26F7O6S2+. The third-order valence-electron chi connectivity index (χ3n) is 6.89. The number of halogens is 7. The molecule has 234 valence electrons. The first kappa shape index (κ1) is 33.1. The van der Waals surface area contributed by atoms with E-state index in [0.717, 1.165) is 26.0 Å². The Balaban J connectivity index is 1.64. The van der Waals surface area contributed by atoms with Gasteiger partial charge in [-0.1, -0.05) is 0 Å². The smallest absolute Gasteiger partial charge is 0.405 e. The normalized spacial score (nSPS) is 23.0. The highest BCUT2D eigenvalue weighted by Gasteiger charge is 2.56. The van der Waals surface area contributed by atoms with Crippen molar-refractivity contribution >= 4 is 21.0 Å². The Morgan fingerprint density at radius 1 is 0.837 bits per heavy atom. The minimum absolute atomic E-state index is 0.172. The van der Waals surface area contributed by atoms with Gasteiger partial charge in [0.2, 0.25) is 0 Å². The van der Waals surface area contributed by atoms with Crippen LogP contribution in [0.25, 0.3) is 0 Å². The van der Waals surface area contributed by atoms with Gasteiger partial charge < -0.3 is 14.2 Å². The summed E-state index contributed by atoms with van der Waals surface area (Å²) in [6.45, 7) is 1.96. The van der Waals surface area contributed by atoms with Crippen LogP contribution in [-0.2, 0) is 36.3 Å². The van der Waals surface area contributed by atoms with Crippen LogP contribution >= 0.6 is 0 Å². The summed E-state index contributed by atoms with van der Waals surface area (Å²) in [7, 11) is -6.94. The second-order valence-corrected chi connectivity index (χ2v) is 13.8.